The summed E-state index contributed by atoms with van der Waals surface area (Å²) in [5.41, 5.74) is 4.60. The van der Waals surface area contributed by atoms with Gasteiger partial charge in [0.1, 0.15) is 19.2 Å². The van der Waals surface area contributed by atoms with E-state index in [1.807, 2.05) is 32.8 Å². The second kappa shape index (κ2) is 19.4. The van der Waals surface area contributed by atoms with Crippen molar-refractivity contribution in [3.05, 3.63) is 59.0 Å². The molecular weight excluding hydrogens is 481 g/mol. The molecule has 1 aliphatic carbocycles. The van der Waals surface area contributed by atoms with Crippen LogP contribution in [0, 0.1) is 12.3 Å². The molecule has 184 valence electrons. The van der Waals surface area contributed by atoms with Crippen LogP contribution in [0.4, 0.5) is 4.39 Å². The summed E-state index contributed by atoms with van der Waals surface area (Å²) in [6.45, 7) is 9.07. The third-order valence-electron chi connectivity index (χ3n) is 4.68. The van der Waals surface area contributed by atoms with Crippen LogP contribution in [0.5, 0.6) is 0 Å². The van der Waals surface area contributed by atoms with E-state index in [2.05, 4.69) is 81.5 Å². The summed E-state index contributed by atoms with van der Waals surface area (Å²) in [4.78, 5) is 8.61. The van der Waals surface area contributed by atoms with Crippen LogP contribution in [0.25, 0.3) is 0 Å². The highest BCUT2D eigenvalue weighted by Gasteiger charge is 2.25. The van der Waals surface area contributed by atoms with Crippen molar-refractivity contribution in [1.29, 1.82) is 0 Å². The summed E-state index contributed by atoms with van der Waals surface area (Å²) < 4.78 is 18.5. The highest BCUT2D eigenvalue weighted by molar-refractivity contribution is 9.09. The van der Waals surface area contributed by atoms with Crippen molar-refractivity contribution in [1.82, 2.24) is 9.80 Å². The van der Waals surface area contributed by atoms with Gasteiger partial charge in [-0.25, -0.2) is 4.39 Å². The lowest BCUT2D eigenvalue weighted by Gasteiger charge is -2.23. The van der Waals surface area contributed by atoms with Gasteiger partial charge in [-0.3, -0.25) is 4.99 Å². The number of ether oxygens (including phenoxy) is 1. The van der Waals surface area contributed by atoms with Gasteiger partial charge in [-0.15, -0.1) is 12.3 Å². The minimum Gasteiger partial charge on any atom is -0.372 e. The van der Waals surface area contributed by atoms with Gasteiger partial charge in [0.15, 0.2) is 0 Å². The Morgan fingerprint density at radius 3 is 2.61 bits per heavy atom. The van der Waals surface area contributed by atoms with Crippen molar-refractivity contribution in [2.75, 3.05) is 46.0 Å². The molecule has 33 heavy (non-hydrogen) atoms. The molecule has 0 saturated carbocycles. The molecule has 0 unspecified atom stereocenters. The quantitative estimate of drug-likeness (QED) is 0.183. The van der Waals surface area contributed by atoms with Crippen molar-refractivity contribution >= 4 is 21.8 Å². The van der Waals surface area contributed by atoms with Gasteiger partial charge in [0.05, 0.1) is 0 Å². The lowest BCUT2D eigenvalue weighted by Crippen LogP contribution is -2.29. The Morgan fingerprint density at radius 2 is 2.03 bits per heavy atom. The first-order valence-electron chi connectivity index (χ1n) is 11.6. The molecular formula is C27H41BrFN3O. The number of likely N-dealkylation sites (N-methyl/N-ethyl adjacent to an activating group) is 1. The lowest BCUT2D eigenvalue weighted by atomic mass is 10.1. The van der Waals surface area contributed by atoms with Gasteiger partial charge in [0.2, 0.25) is 0 Å². The zero-order valence-electron chi connectivity index (χ0n) is 21.2. The monoisotopic (exact) mass is 521 g/mol. The normalized spacial score (nSPS) is 17.2. The molecule has 0 radical (unpaired) electrons. The smallest absolute Gasteiger partial charge is 0.136 e. The average molecular weight is 523 g/mol. The summed E-state index contributed by atoms with van der Waals surface area (Å²) >= 11 is 3.49. The molecule has 0 aromatic heterocycles. The molecule has 0 spiro atoms. The number of hydrogen-bond donors (Lipinski definition) is 0. The highest BCUT2D eigenvalue weighted by atomic mass is 79.9. The Balaban J connectivity index is 0.00000189. The summed E-state index contributed by atoms with van der Waals surface area (Å²) in [6, 6.07) is 0. The van der Waals surface area contributed by atoms with Gasteiger partial charge in [-0.1, -0.05) is 61.0 Å². The fourth-order valence-electron chi connectivity index (χ4n) is 3.23. The maximum absolute atomic E-state index is 12.6. The largest absolute Gasteiger partial charge is 0.372 e. The van der Waals surface area contributed by atoms with E-state index in [1.165, 1.54) is 11.3 Å². The average Bonchev–Trinajstić information content (AvgIpc) is 2.97. The van der Waals surface area contributed by atoms with Crippen LogP contribution in [0.2, 0.25) is 0 Å². The third kappa shape index (κ3) is 11.0. The molecule has 2 rings (SSSR count). The third-order valence-corrected chi connectivity index (χ3v) is 5.01. The van der Waals surface area contributed by atoms with Crippen molar-refractivity contribution in [3.8, 4) is 12.3 Å². The Hall–Kier alpha value is -2.10. The van der Waals surface area contributed by atoms with Gasteiger partial charge in [0, 0.05) is 56.0 Å². The minimum atomic E-state index is -0.344. The molecule has 0 N–H and O–H groups in total. The number of nitrogens with zero attached hydrogens (tertiary/aromatic N) is 3. The van der Waals surface area contributed by atoms with Crippen LogP contribution >= 0.6 is 15.9 Å². The maximum atomic E-state index is 12.6. The van der Waals surface area contributed by atoms with E-state index in [1.54, 1.807) is 6.92 Å². The summed E-state index contributed by atoms with van der Waals surface area (Å²) in [5.74, 6) is 3.20. The van der Waals surface area contributed by atoms with Crippen LogP contribution in [0.1, 0.15) is 47.0 Å². The van der Waals surface area contributed by atoms with Crippen molar-refractivity contribution in [3.63, 3.8) is 0 Å². The summed E-state index contributed by atoms with van der Waals surface area (Å²) in [7, 11) is 3.75. The fourth-order valence-corrected chi connectivity index (χ4v) is 3.58. The Labute approximate surface area is 209 Å². The first kappa shape index (κ1) is 30.9. The lowest BCUT2D eigenvalue weighted by molar-refractivity contribution is 0.0797. The Morgan fingerprint density at radius 1 is 1.33 bits per heavy atom. The van der Waals surface area contributed by atoms with Crippen LogP contribution < -0.4 is 0 Å². The van der Waals surface area contributed by atoms with E-state index in [0.717, 1.165) is 48.3 Å². The van der Waals surface area contributed by atoms with Crippen LogP contribution in [-0.4, -0.2) is 61.6 Å². The maximum Gasteiger partial charge on any atom is 0.136 e. The van der Waals surface area contributed by atoms with Crippen molar-refractivity contribution in [2.45, 2.75) is 47.0 Å². The number of allylic oxidation sites excluding steroid dienone is 6. The number of rotatable bonds is 10. The van der Waals surface area contributed by atoms with E-state index in [0.29, 0.717) is 13.3 Å². The molecule has 0 aromatic rings. The topological polar surface area (TPSA) is 28.1 Å². The van der Waals surface area contributed by atoms with Crippen molar-refractivity contribution < 1.29 is 9.13 Å². The van der Waals surface area contributed by atoms with E-state index >= 15 is 0 Å². The van der Waals surface area contributed by atoms with Gasteiger partial charge < -0.3 is 14.5 Å². The van der Waals surface area contributed by atoms with Gasteiger partial charge >= 0.3 is 0 Å². The molecule has 0 fully saturated rings. The predicted molar refractivity (Wildman–Crippen MR) is 145 cm³/mol. The van der Waals surface area contributed by atoms with Crippen LogP contribution in [0.3, 0.4) is 0 Å². The molecule has 1 aliphatic heterocycles. The fraction of sp³-hybridized carbons (Fsp3) is 0.519. The van der Waals surface area contributed by atoms with Crippen LogP contribution in [-0.2, 0) is 4.74 Å². The van der Waals surface area contributed by atoms with Gasteiger partial charge in [0.25, 0.3) is 0 Å². The number of aliphatic imine (C=N–C) groups is 1. The van der Waals surface area contributed by atoms with Crippen molar-refractivity contribution in [2.24, 2.45) is 4.99 Å². The standard InChI is InChI=1S/C22H31BrFN3O.C3H4.C2H6/c1-4-14-28-17-27-21(16-19(10-11-23)22(27)25-2)15-18-6-5-7-20(9-8-18)26(3)13-12-24;1-3-2;1-2/h6-10,16H,4-5,11-15,17H2,1-3H3;1H,2H3;1-2H3/b19-10-,25-22?;;. The summed E-state index contributed by atoms with van der Waals surface area (Å²) in [6.07, 6.45) is 20.1. The minimum absolute atomic E-state index is 0.344. The highest BCUT2D eigenvalue weighted by Crippen LogP contribution is 2.29. The number of halogens is 2. The van der Waals surface area contributed by atoms with E-state index in [9.17, 15) is 4.39 Å². The molecule has 4 nitrogen and oxygen atoms in total. The first-order valence-corrected chi connectivity index (χ1v) is 12.7. The molecule has 0 bridgehead atoms. The number of hydrogen-bond acceptors (Lipinski definition) is 3. The number of alkyl halides is 2. The molecule has 0 atom stereocenters. The molecule has 0 aromatic carbocycles. The number of amidine groups is 1. The Bertz CT molecular complexity index is 788. The van der Waals surface area contributed by atoms with Gasteiger partial charge in [-0.05, 0) is 37.5 Å². The number of terminal acetylenes is 1. The zero-order chi connectivity index (χ0) is 25.1. The molecule has 2 aliphatic rings. The molecule has 0 saturated heterocycles. The Kier molecular flexibility index (Phi) is 18.1. The van der Waals surface area contributed by atoms with Gasteiger partial charge in [-0.2, -0.15) is 0 Å². The molecule has 6 heteroatoms. The van der Waals surface area contributed by atoms with E-state index in [4.69, 9.17) is 4.74 Å². The van der Waals surface area contributed by atoms with Crippen LogP contribution in [0.15, 0.2) is 64.0 Å². The van der Waals surface area contributed by atoms with E-state index in [-0.39, 0.29) is 6.67 Å². The second-order valence-corrected chi connectivity index (χ2v) is 7.66. The SMILES string of the molecule is C#CC.CC.CCCOCN1C(CC2=CCC=C(N(C)CCF)C=C2)=C/C(=C/CBr)C1=NC. The first-order chi connectivity index (χ1) is 16.1. The molecule has 1 heterocycles. The zero-order valence-corrected chi connectivity index (χ0v) is 22.8. The predicted octanol–water partition coefficient (Wildman–Crippen LogP) is 6.65. The second-order valence-electron chi connectivity index (χ2n) is 7.02. The summed E-state index contributed by atoms with van der Waals surface area (Å²) in [5, 5.41) is 0.783. The van der Waals surface area contributed by atoms with E-state index < -0.39 is 0 Å². The molecule has 0 amide bonds.